The number of aromatic nitrogens is 2. The number of methoxy groups -OCH3 is 1. The Hall–Kier alpha value is -2.90. The lowest BCUT2D eigenvalue weighted by molar-refractivity contribution is -0.121. The Morgan fingerprint density at radius 2 is 1.93 bits per heavy atom. The molecule has 8 heteroatoms. The van der Waals surface area contributed by atoms with Gasteiger partial charge in [0.15, 0.2) is 0 Å². The molecule has 158 valence electrons. The quantitative estimate of drug-likeness (QED) is 0.467. The predicted molar refractivity (Wildman–Crippen MR) is 111 cm³/mol. The summed E-state index contributed by atoms with van der Waals surface area (Å²) in [5.41, 5.74) is -0.348. The van der Waals surface area contributed by atoms with Crippen LogP contribution in [-0.4, -0.2) is 35.1 Å². The largest absolute Gasteiger partial charge is 0.465 e. The standard InChI is InChI=1S/C21H29N3O5/c1-14(2)10-11-22-18(25)7-5-4-6-12-24-19(26)16-9-8-15(20(27)29-3)13-17(16)23-21(24)28/h8-9,13-14H,4-7,10-12H2,1-3H3,(H,22,25)(H,23,28). The second-order valence-corrected chi connectivity index (χ2v) is 7.48. The maximum atomic E-state index is 12.6. The molecule has 0 aliphatic heterocycles. The summed E-state index contributed by atoms with van der Waals surface area (Å²) in [6.07, 6.45) is 3.46. The number of aromatic amines is 1. The van der Waals surface area contributed by atoms with E-state index >= 15 is 0 Å². The second kappa shape index (κ2) is 10.6. The lowest BCUT2D eigenvalue weighted by Crippen LogP contribution is -2.35. The number of benzene rings is 1. The van der Waals surface area contributed by atoms with Gasteiger partial charge in [-0.2, -0.15) is 0 Å². The molecular formula is C21H29N3O5. The van der Waals surface area contributed by atoms with Crippen molar-refractivity contribution in [2.45, 2.75) is 52.5 Å². The number of nitrogens with zero attached hydrogens (tertiary/aromatic N) is 1. The smallest absolute Gasteiger partial charge is 0.337 e. The van der Waals surface area contributed by atoms with Crippen molar-refractivity contribution in [3.8, 4) is 0 Å². The van der Waals surface area contributed by atoms with Gasteiger partial charge in [-0.3, -0.25) is 14.2 Å². The average molecular weight is 403 g/mol. The van der Waals surface area contributed by atoms with Crippen molar-refractivity contribution >= 4 is 22.8 Å². The Morgan fingerprint density at radius 1 is 1.17 bits per heavy atom. The van der Waals surface area contributed by atoms with E-state index in [1.807, 2.05) is 0 Å². The van der Waals surface area contributed by atoms with Crippen molar-refractivity contribution in [3.05, 3.63) is 44.6 Å². The fourth-order valence-electron chi connectivity index (χ4n) is 3.02. The Kier molecular flexibility index (Phi) is 8.18. The minimum Gasteiger partial charge on any atom is -0.465 e. The number of rotatable bonds is 10. The molecule has 0 saturated heterocycles. The number of amides is 1. The van der Waals surface area contributed by atoms with Crippen molar-refractivity contribution in [2.24, 2.45) is 5.92 Å². The number of unbranched alkanes of at least 4 members (excludes halogenated alkanes) is 2. The molecule has 1 heterocycles. The van der Waals surface area contributed by atoms with Crippen molar-refractivity contribution < 1.29 is 14.3 Å². The van der Waals surface area contributed by atoms with Gasteiger partial charge in [-0.25, -0.2) is 9.59 Å². The Labute approximate surface area is 169 Å². The number of carbonyl (C=O) groups excluding carboxylic acids is 2. The molecule has 2 N–H and O–H groups in total. The molecule has 0 spiro atoms. The van der Waals surface area contributed by atoms with Crippen LogP contribution in [-0.2, 0) is 16.1 Å². The molecule has 8 nitrogen and oxygen atoms in total. The molecule has 0 atom stereocenters. The van der Waals surface area contributed by atoms with Crippen molar-refractivity contribution in [1.29, 1.82) is 0 Å². The topological polar surface area (TPSA) is 110 Å². The number of fused-ring (bicyclic) bond motifs is 1. The Bertz CT molecular complexity index is 974. The molecule has 0 radical (unpaired) electrons. The highest BCUT2D eigenvalue weighted by atomic mass is 16.5. The first-order chi connectivity index (χ1) is 13.8. The highest BCUT2D eigenvalue weighted by molar-refractivity contribution is 5.93. The summed E-state index contributed by atoms with van der Waals surface area (Å²) in [5, 5.41) is 3.23. The van der Waals surface area contributed by atoms with Crippen LogP contribution in [0.5, 0.6) is 0 Å². The van der Waals surface area contributed by atoms with Crippen LogP contribution in [0.25, 0.3) is 10.9 Å². The van der Waals surface area contributed by atoms with Gasteiger partial charge < -0.3 is 15.0 Å². The zero-order valence-corrected chi connectivity index (χ0v) is 17.2. The summed E-state index contributed by atoms with van der Waals surface area (Å²) in [4.78, 5) is 50.9. The molecule has 0 bridgehead atoms. The third kappa shape index (κ3) is 6.30. The Morgan fingerprint density at radius 3 is 2.62 bits per heavy atom. The highest BCUT2D eigenvalue weighted by Crippen LogP contribution is 2.10. The molecule has 0 fully saturated rings. The average Bonchev–Trinajstić information content (AvgIpc) is 2.68. The number of esters is 1. The van der Waals surface area contributed by atoms with E-state index in [1.54, 1.807) is 0 Å². The van der Waals surface area contributed by atoms with Gasteiger partial charge in [0.2, 0.25) is 5.91 Å². The van der Waals surface area contributed by atoms with E-state index in [9.17, 15) is 19.2 Å². The van der Waals surface area contributed by atoms with Crippen LogP contribution >= 0.6 is 0 Å². The van der Waals surface area contributed by atoms with Gasteiger partial charge in [0.25, 0.3) is 5.56 Å². The van der Waals surface area contributed by atoms with E-state index in [2.05, 4.69) is 28.9 Å². The molecule has 0 aliphatic carbocycles. The van der Waals surface area contributed by atoms with E-state index < -0.39 is 17.2 Å². The van der Waals surface area contributed by atoms with Gasteiger partial charge in [0.1, 0.15) is 0 Å². The van der Waals surface area contributed by atoms with Crippen molar-refractivity contribution in [1.82, 2.24) is 14.9 Å². The molecule has 29 heavy (non-hydrogen) atoms. The van der Waals surface area contributed by atoms with Crippen LogP contribution < -0.4 is 16.6 Å². The fraction of sp³-hybridized carbons (Fsp3) is 0.524. The molecule has 1 aromatic carbocycles. The molecule has 2 rings (SSSR count). The molecule has 0 saturated carbocycles. The first-order valence-corrected chi connectivity index (χ1v) is 9.95. The summed E-state index contributed by atoms with van der Waals surface area (Å²) in [6.45, 7) is 5.19. The molecule has 0 aliphatic rings. The van der Waals surface area contributed by atoms with E-state index in [0.29, 0.717) is 42.6 Å². The molecule has 1 aromatic heterocycles. The maximum absolute atomic E-state index is 12.6. The van der Waals surface area contributed by atoms with E-state index in [-0.39, 0.29) is 18.0 Å². The van der Waals surface area contributed by atoms with Gasteiger partial charge in [-0.15, -0.1) is 0 Å². The summed E-state index contributed by atoms with van der Waals surface area (Å²) in [7, 11) is 1.27. The third-order valence-electron chi connectivity index (χ3n) is 4.73. The molecule has 1 amide bonds. The summed E-state index contributed by atoms with van der Waals surface area (Å²) in [6, 6.07) is 4.44. The van der Waals surface area contributed by atoms with Crippen LogP contribution in [0.15, 0.2) is 27.8 Å². The first-order valence-electron chi connectivity index (χ1n) is 9.95. The maximum Gasteiger partial charge on any atom is 0.337 e. The minimum absolute atomic E-state index is 0.0350. The van der Waals surface area contributed by atoms with Gasteiger partial charge in [-0.05, 0) is 43.4 Å². The van der Waals surface area contributed by atoms with Crippen LogP contribution in [0.2, 0.25) is 0 Å². The van der Waals surface area contributed by atoms with Crippen LogP contribution in [0.1, 0.15) is 56.3 Å². The second-order valence-electron chi connectivity index (χ2n) is 7.48. The van der Waals surface area contributed by atoms with Crippen LogP contribution in [0, 0.1) is 5.92 Å². The van der Waals surface area contributed by atoms with E-state index in [0.717, 1.165) is 17.4 Å². The van der Waals surface area contributed by atoms with Gasteiger partial charge in [-0.1, -0.05) is 20.3 Å². The summed E-state index contributed by atoms with van der Waals surface area (Å²) in [5.74, 6) is 0.0543. The SMILES string of the molecule is COC(=O)c1ccc2c(=O)n(CCCCCC(=O)NCCC(C)C)c(=O)[nH]c2c1. The zero-order chi connectivity index (χ0) is 21.4. The zero-order valence-electron chi connectivity index (χ0n) is 17.2. The lowest BCUT2D eigenvalue weighted by Gasteiger charge is -2.08. The van der Waals surface area contributed by atoms with Gasteiger partial charge in [0, 0.05) is 19.5 Å². The number of ether oxygens (including phenoxy) is 1. The molecule has 2 aromatic rings. The van der Waals surface area contributed by atoms with Crippen molar-refractivity contribution in [2.75, 3.05) is 13.7 Å². The van der Waals surface area contributed by atoms with Gasteiger partial charge >= 0.3 is 11.7 Å². The van der Waals surface area contributed by atoms with Gasteiger partial charge in [0.05, 0.1) is 23.6 Å². The minimum atomic E-state index is -0.537. The van der Waals surface area contributed by atoms with Crippen LogP contribution in [0.3, 0.4) is 0 Å². The molecule has 0 unspecified atom stereocenters. The number of H-pyrrole nitrogens is 1. The van der Waals surface area contributed by atoms with Crippen molar-refractivity contribution in [3.63, 3.8) is 0 Å². The summed E-state index contributed by atoms with van der Waals surface area (Å²) >= 11 is 0. The van der Waals surface area contributed by atoms with E-state index in [4.69, 9.17) is 0 Å². The highest BCUT2D eigenvalue weighted by Gasteiger charge is 2.11. The number of nitrogens with one attached hydrogen (secondary N) is 2. The van der Waals surface area contributed by atoms with Crippen LogP contribution in [0.4, 0.5) is 0 Å². The fourth-order valence-corrected chi connectivity index (χ4v) is 3.02. The first kappa shape index (κ1) is 22.4. The number of hydrogen-bond donors (Lipinski definition) is 2. The third-order valence-corrected chi connectivity index (χ3v) is 4.73. The lowest BCUT2D eigenvalue weighted by atomic mass is 10.1. The number of hydrogen-bond acceptors (Lipinski definition) is 5. The monoisotopic (exact) mass is 403 g/mol. The normalized spacial score (nSPS) is 11.0. The van der Waals surface area contributed by atoms with E-state index in [1.165, 1.54) is 25.3 Å². The Balaban J connectivity index is 1.92. The predicted octanol–water partition coefficient (Wildman–Crippen LogP) is 2.20. The summed E-state index contributed by atoms with van der Waals surface area (Å²) < 4.78 is 5.81. The molecular weight excluding hydrogens is 374 g/mol. The number of carbonyl (C=O) groups is 2.